The van der Waals surface area contributed by atoms with E-state index in [0.29, 0.717) is 5.92 Å². The van der Waals surface area contributed by atoms with E-state index in [1.807, 2.05) is 0 Å². The number of amides is 1. The van der Waals surface area contributed by atoms with Crippen LogP contribution in [0.5, 0.6) is 0 Å². The van der Waals surface area contributed by atoms with Crippen LogP contribution in [0.25, 0.3) is 0 Å². The molecule has 1 saturated heterocycles. The smallest absolute Gasteiger partial charge is 0.237 e. The molecular weight excluding hydrogens is 264 g/mol. The zero-order valence-electron chi connectivity index (χ0n) is 11.8. The van der Waals surface area contributed by atoms with Crippen molar-refractivity contribution >= 4 is 18.3 Å². The SMILES string of the molecule is CC(NC(=O)C(N)C1CCOCC1)C1CCCC1.Cl. The van der Waals surface area contributed by atoms with E-state index in [0.717, 1.165) is 26.1 Å². The number of nitrogens with two attached hydrogens (primary N) is 1. The number of rotatable bonds is 4. The first-order chi connectivity index (χ1) is 8.68. The minimum absolute atomic E-state index is 0. The molecule has 4 nitrogen and oxygen atoms in total. The molecule has 2 aliphatic rings. The fourth-order valence-corrected chi connectivity index (χ4v) is 3.18. The average molecular weight is 291 g/mol. The van der Waals surface area contributed by atoms with Gasteiger partial charge in [0.2, 0.25) is 5.91 Å². The van der Waals surface area contributed by atoms with Crippen LogP contribution in [0.2, 0.25) is 0 Å². The van der Waals surface area contributed by atoms with Crippen LogP contribution in [-0.4, -0.2) is 31.2 Å². The zero-order valence-corrected chi connectivity index (χ0v) is 12.6. The fraction of sp³-hybridized carbons (Fsp3) is 0.929. The highest BCUT2D eigenvalue weighted by Gasteiger charge is 2.29. The molecule has 1 amide bonds. The maximum absolute atomic E-state index is 12.1. The second-order valence-electron chi connectivity index (χ2n) is 5.82. The summed E-state index contributed by atoms with van der Waals surface area (Å²) >= 11 is 0. The first-order valence-electron chi connectivity index (χ1n) is 7.32. The summed E-state index contributed by atoms with van der Waals surface area (Å²) in [6.45, 7) is 3.60. The van der Waals surface area contributed by atoms with E-state index in [2.05, 4.69) is 12.2 Å². The molecule has 2 atom stereocenters. The molecule has 0 radical (unpaired) electrons. The van der Waals surface area contributed by atoms with Crippen molar-refractivity contribution in [2.45, 2.75) is 57.5 Å². The summed E-state index contributed by atoms with van der Waals surface area (Å²) < 4.78 is 5.30. The molecule has 1 heterocycles. The monoisotopic (exact) mass is 290 g/mol. The fourth-order valence-electron chi connectivity index (χ4n) is 3.18. The van der Waals surface area contributed by atoms with Gasteiger partial charge in [-0.1, -0.05) is 12.8 Å². The van der Waals surface area contributed by atoms with Crippen LogP contribution in [0.4, 0.5) is 0 Å². The quantitative estimate of drug-likeness (QED) is 0.831. The molecule has 2 unspecified atom stereocenters. The lowest BCUT2D eigenvalue weighted by Gasteiger charge is -2.29. The normalized spacial score (nSPS) is 24.5. The van der Waals surface area contributed by atoms with E-state index >= 15 is 0 Å². The highest BCUT2D eigenvalue weighted by Crippen LogP contribution is 2.27. The third-order valence-corrected chi connectivity index (χ3v) is 4.55. The molecule has 19 heavy (non-hydrogen) atoms. The van der Waals surface area contributed by atoms with Gasteiger partial charge < -0.3 is 15.8 Å². The number of carbonyl (C=O) groups excluding carboxylic acids is 1. The molecule has 2 fully saturated rings. The van der Waals surface area contributed by atoms with E-state index in [1.54, 1.807) is 0 Å². The van der Waals surface area contributed by atoms with Gasteiger partial charge in [0.1, 0.15) is 0 Å². The van der Waals surface area contributed by atoms with Gasteiger partial charge in [-0.15, -0.1) is 12.4 Å². The second kappa shape index (κ2) is 8.08. The van der Waals surface area contributed by atoms with Gasteiger partial charge in [-0.2, -0.15) is 0 Å². The highest BCUT2D eigenvalue weighted by molar-refractivity contribution is 5.85. The molecule has 5 heteroatoms. The Morgan fingerprint density at radius 1 is 1.16 bits per heavy atom. The van der Waals surface area contributed by atoms with Gasteiger partial charge in [-0.3, -0.25) is 4.79 Å². The lowest BCUT2D eigenvalue weighted by molar-refractivity contribution is -0.125. The lowest BCUT2D eigenvalue weighted by atomic mass is 9.91. The Hall–Kier alpha value is -0.320. The molecule has 3 N–H and O–H groups in total. The van der Waals surface area contributed by atoms with Crippen LogP contribution in [0.15, 0.2) is 0 Å². The summed E-state index contributed by atoms with van der Waals surface area (Å²) in [5.74, 6) is 0.965. The van der Waals surface area contributed by atoms with Crippen LogP contribution >= 0.6 is 12.4 Å². The third kappa shape index (κ3) is 4.62. The Morgan fingerprint density at radius 2 is 1.74 bits per heavy atom. The summed E-state index contributed by atoms with van der Waals surface area (Å²) in [5, 5.41) is 3.11. The molecule has 0 spiro atoms. The van der Waals surface area contributed by atoms with E-state index in [9.17, 15) is 4.79 Å². The van der Waals surface area contributed by atoms with E-state index in [1.165, 1.54) is 25.7 Å². The minimum atomic E-state index is -0.363. The zero-order chi connectivity index (χ0) is 13.0. The number of nitrogens with one attached hydrogen (secondary N) is 1. The molecule has 112 valence electrons. The Morgan fingerprint density at radius 3 is 2.32 bits per heavy atom. The molecule has 0 aromatic carbocycles. The summed E-state index contributed by atoms with van der Waals surface area (Å²) in [6, 6.07) is -0.0938. The number of hydrogen-bond donors (Lipinski definition) is 2. The van der Waals surface area contributed by atoms with Crippen molar-refractivity contribution in [2.75, 3.05) is 13.2 Å². The molecule has 0 bridgehead atoms. The second-order valence-corrected chi connectivity index (χ2v) is 5.82. The first-order valence-corrected chi connectivity index (χ1v) is 7.32. The topological polar surface area (TPSA) is 64.4 Å². The van der Waals surface area contributed by atoms with Crippen LogP contribution in [0.3, 0.4) is 0 Å². The standard InChI is InChI=1S/C14H26N2O2.ClH/c1-10(11-4-2-3-5-11)16-14(17)13(15)12-6-8-18-9-7-12;/h10-13H,2-9,15H2,1H3,(H,16,17);1H. The molecule has 0 aromatic rings. The number of halogens is 1. The van der Waals surface area contributed by atoms with Gasteiger partial charge in [0.15, 0.2) is 0 Å². The molecular formula is C14H27ClN2O2. The van der Waals surface area contributed by atoms with Gasteiger partial charge >= 0.3 is 0 Å². The summed E-state index contributed by atoms with van der Waals surface area (Å²) in [5.41, 5.74) is 6.07. The van der Waals surface area contributed by atoms with Crippen molar-refractivity contribution in [2.24, 2.45) is 17.6 Å². The number of hydrogen-bond acceptors (Lipinski definition) is 3. The van der Waals surface area contributed by atoms with Crippen LogP contribution in [-0.2, 0) is 9.53 Å². The van der Waals surface area contributed by atoms with Crippen LogP contribution < -0.4 is 11.1 Å². The van der Waals surface area contributed by atoms with E-state index in [4.69, 9.17) is 10.5 Å². The highest BCUT2D eigenvalue weighted by atomic mass is 35.5. The van der Waals surface area contributed by atoms with Crippen molar-refractivity contribution < 1.29 is 9.53 Å². The maximum atomic E-state index is 12.1. The summed E-state index contributed by atoms with van der Waals surface area (Å²) in [4.78, 5) is 12.1. The van der Waals surface area contributed by atoms with Gasteiger partial charge in [0.25, 0.3) is 0 Å². The molecule has 1 saturated carbocycles. The Kier molecular flexibility index (Phi) is 7.11. The summed E-state index contributed by atoms with van der Waals surface area (Å²) in [6.07, 6.45) is 6.91. The minimum Gasteiger partial charge on any atom is -0.381 e. The van der Waals surface area contributed by atoms with Crippen molar-refractivity contribution in [3.05, 3.63) is 0 Å². The van der Waals surface area contributed by atoms with Crippen LogP contribution in [0, 0.1) is 11.8 Å². The average Bonchev–Trinajstić information content (AvgIpc) is 2.92. The lowest BCUT2D eigenvalue weighted by Crippen LogP contribution is -2.50. The van der Waals surface area contributed by atoms with Crippen molar-refractivity contribution in [1.82, 2.24) is 5.32 Å². The molecule has 0 aromatic heterocycles. The van der Waals surface area contributed by atoms with Crippen LogP contribution in [0.1, 0.15) is 45.4 Å². The van der Waals surface area contributed by atoms with Crippen molar-refractivity contribution in [3.8, 4) is 0 Å². The Bertz CT molecular complexity index is 277. The Labute approximate surface area is 122 Å². The largest absolute Gasteiger partial charge is 0.381 e. The van der Waals surface area contributed by atoms with Gasteiger partial charge in [-0.05, 0) is 44.4 Å². The molecule has 1 aliphatic heterocycles. The number of carbonyl (C=O) groups is 1. The number of ether oxygens (including phenoxy) is 1. The predicted molar refractivity (Wildman–Crippen MR) is 78.3 cm³/mol. The first kappa shape index (κ1) is 16.7. The van der Waals surface area contributed by atoms with E-state index in [-0.39, 0.29) is 36.3 Å². The van der Waals surface area contributed by atoms with Crippen molar-refractivity contribution in [1.29, 1.82) is 0 Å². The molecule has 2 rings (SSSR count). The maximum Gasteiger partial charge on any atom is 0.237 e. The Balaban J connectivity index is 0.00000180. The summed E-state index contributed by atoms with van der Waals surface area (Å²) in [7, 11) is 0. The predicted octanol–water partition coefficient (Wildman–Crippen LogP) is 1.86. The van der Waals surface area contributed by atoms with Gasteiger partial charge in [0, 0.05) is 19.3 Å². The molecule has 1 aliphatic carbocycles. The van der Waals surface area contributed by atoms with Gasteiger partial charge in [0.05, 0.1) is 6.04 Å². The van der Waals surface area contributed by atoms with Gasteiger partial charge in [-0.25, -0.2) is 0 Å². The van der Waals surface area contributed by atoms with E-state index < -0.39 is 0 Å². The third-order valence-electron chi connectivity index (χ3n) is 4.55. The van der Waals surface area contributed by atoms with Crippen molar-refractivity contribution in [3.63, 3.8) is 0 Å².